The predicted octanol–water partition coefficient (Wildman–Crippen LogP) is -1.16. The second-order valence-electron chi connectivity index (χ2n) is 4.13. The molecule has 0 bridgehead atoms. The minimum Gasteiger partial charge on any atom is -0.465 e. The van der Waals surface area contributed by atoms with E-state index >= 15 is 0 Å². The van der Waals surface area contributed by atoms with Gasteiger partial charge in [-0.15, -0.1) is 0 Å². The van der Waals surface area contributed by atoms with Gasteiger partial charge < -0.3 is 10.5 Å². The van der Waals surface area contributed by atoms with Gasteiger partial charge in [-0.05, 0) is 13.8 Å². The number of nitrogens with two attached hydrogens (primary N) is 1. The second-order valence-corrected chi connectivity index (χ2v) is 5.07. The zero-order chi connectivity index (χ0) is 14.6. The van der Waals surface area contributed by atoms with Gasteiger partial charge in [-0.3, -0.25) is 24.2 Å². The van der Waals surface area contributed by atoms with E-state index in [1.165, 1.54) is 18.7 Å². The third kappa shape index (κ3) is 3.93. The SMILES string of the molecule is CCOC(=O)C(C)(N)CSc1nc(=O)c(=O)[nH]n1C. The highest BCUT2D eigenvalue weighted by molar-refractivity contribution is 7.99. The number of aromatic amines is 1. The summed E-state index contributed by atoms with van der Waals surface area (Å²) in [7, 11) is 1.54. The Morgan fingerprint density at radius 3 is 2.79 bits per heavy atom. The lowest BCUT2D eigenvalue weighted by molar-refractivity contribution is -0.148. The first-order chi connectivity index (χ1) is 8.77. The highest BCUT2D eigenvalue weighted by Gasteiger charge is 2.30. The van der Waals surface area contributed by atoms with Crippen molar-refractivity contribution in [2.45, 2.75) is 24.5 Å². The lowest BCUT2D eigenvalue weighted by Crippen LogP contribution is -2.48. The Morgan fingerprint density at radius 2 is 2.21 bits per heavy atom. The molecule has 0 aliphatic carbocycles. The number of hydrogen-bond acceptors (Lipinski definition) is 7. The van der Waals surface area contributed by atoms with Gasteiger partial charge in [0.1, 0.15) is 5.54 Å². The number of nitrogens with zero attached hydrogens (tertiary/aromatic N) is 2. The Balaban J connectivity index is 2.82. The molecule has 1 heterocycles. The van der Waals surface area contributed by atoms with Crippen molar-refractivity contribution in [1.29, 1.82) is 0 Å². The molecule has 0 spiro atoms. The van der Waals surface area contributed by atoms with Crippen molar-refractivity contribution in [2.24, 2.45) is 12.8 Å². The van der Waals surface area contributed by atoms with Gasteiger partial charge >= 0.3 is 17.1 Å². The van der Waals surface area contributed by atoms with Crippen LogP contribution in [0.4, 0.5) is 0 Å². The van der Waals surface area contributed by atoms with Crippen LogP contribution in [0.25, 0.3) is 0 Å². The van der Waals surface area contributed by atoms with Gasteiger partial charge in [-0.25, -0.2) is 0 Å². The maximum Gasteiger partial charge on any atom is 0.339 e. The molecule has 1 atom stereocenters. The number of aryl methyl sites for hydroxylation is 1. The molecular formula is C10H16N4O4S. The molecule has 0 saturated heterocycles. The number of nitrogens with one attached hydrogen (secondary N) is 1. The van der Waals surface area contributed by atoms with Crippen molar-refractivity contribution in [1.82, 2.24) is 14.8 Å². The van der Waals surface area contributed by atoms with Crippen LogP contribution >= 0.6 is 11.8 Å². The second kappa shape index (κ2) is 6.02. The molecule has 106 valence electrons. The van der Waals surface area contributed by atoms with Crippen LogP contribution in [0.3, 0.4) is 0 Å². The van der Waals surface area contributed by atoms with E-state index in [1.807, 2.05) is 0 Å². The average molecular weight is 288 g/mol. The van der Waals surface area contributed by atoms with Gasteiger partial charge in [0, 0.05) is 12.8 Å². The minimum absolute atomic E-state index is 0.165. The lowest BCUT2D eigenvalue weighted by atomic mass is 10.1. The first-order valence-corrected chi connectivity index (χ1v) is 6.52. The van der Waals surface area contributed by atoms with Crippen LogP contribution in [0.5, 0.6) is 0 Å². The van der Waals surface area contributed by atoms with Crippen LogP contribution in [-0.4, -0.2) is 38.6 Å². The number of ether oxygens (including phenoxy) is 1. The fourth-order valence-corrected chi connectivity index (χ4v) is 2.09. The Labute approximate surface area is 113 Å². The van der Waals surface area contributed by atoms with Crippen molar-refractivity contribution < 1.29 is 9.53 Å². The van der Waals surface area contributed by atoms with Crippen LogP contribution in [-0.2, 0) is 16.6 Å². The smallest absolute Gasteiger partial charge is 0.339 e. The highest BCUT2D eigenvalue weighted by atomic mass is 32.2. The number of carbonyl (C=O) groups excluding carboxylic acids is 1. The molecule has 0 radical (unpaired) electrons. The summed E-state index contributed by atoms with van der Waals surface area (Å²) in [6.45, 7) is 3.46. The minimum atomic E-state index is -1.20. The average Bonchev–Trinajstić information content (AvgIpc) is 2.32. The Kier molecular flexibility index (Phi) is 4.90. The fraction of sp³-hybridized carbons (Fsp3) is 0.600. The summed E-state index contributed by atoms with van der Waals surface area (Å²) in [6.07, 6.45) is 0. The van der Waals surface area contributed by atoms with Gasteiger partial charge in [0.25, 0.3) is 0 Å². The topological polar surface area (TPSA) is 120 Å². The van der Waals surface area contributed by atoms with Crippen molar-refractivity contribution >= 4 is 17.7 Å². The zero-order valence-corrected chi connectivity index (χ0v) is 11.7. The molecule has 1 aromatic rings. The molecule has 9 heteroatoms. The molecule has 1 unspecified atom stereocenters. The molecule has 3 N–H and O–H groups in total. The molecule has 1 rings (SSSR count). The van der Waals surface area contributed by atoms with Crippen LogP contribution in [0.2, 0.25) is 0 Å². The molecule has 0 aliphatic heterocycles. The standard InChI is InChI=1S/C10H16N4O4S/c1-4-18-8(17)10(2,11)5-19-9-12-6(15)7(16)13-14(9)3/h4-5,11H2,1-3H3,(H,13,16). The number of aromatic nitrogens is 3. The summed E-state index contributed by atoms with van der Waals surface area (Å²) in [5.74, 6) is -0.366. The first-order valence-electron chi connectivity index (χ1n) is 5.54. The van der Waals surface area contributed by atoms with Crippen LogP contribution < -0.4 is 16.9 Å². The third-order valence-corrected chi connectivity index (χ3v) is 3.56. The third-order valence-electron chi connectivity index (χ3n) is 2.19. The maximum atomic E-state index is 11.6. The van der Waals surface area contributed by atoms with E-state index in [0.717, 1.165) is 11.8 Å². The molecule has 0 saturated carbocycles. The van der Waals surface area contributed by atoms with Crippen LogP contribution in [0.1, 0.15) is 13.8 Å². The summed E-state index contributed by atoms with van der Waals surface area (Å²) in [6, 6.07) is 0. The van der Waals surface area contributed by atoms with Crippen molar-refractivity contribution in [2.75, 3.05) is 12.4 Å². The number of rotatable bonds is 5. The summed E-state index contributed by atoms with van der Waals surface area (Å²) in [5, 5.41) is 2.58. The number of esters is 1. The summed E-state index contributed by atoms with van der Waals surface area (Å²) < 4.78 is 6.15. The van der Waals surface area contributed by atoms with Crippen molar-refractivity contribution in [3.05, 3.63) is 20.7 Å². The molecule has 1 aromatic heterocycles. The first kappa shape index (κ1) is 15.4. The fourth-order valence-electron chi connectivity index (χ4n) is 1.16. The molecular weight excluding hydrogens is 272 g/mol. The molecule has 0 aromatic carbocycles. The van der Waals surface area contributed by atoms with Gasteiger partial charge in [-0.1, -0.05) is 11.8 Å². The molecule has 0 amide bonds. The zero-order valence-electron chi connectivity index (χ0n) is 10.9. The summed E-state index contributed by atoms with van der Waals surface area (Å²) in [4.78, 5) is 37.4. The normalized spacial score (nSPS) is 13.9. The monoisotopic (exact) mass is 288 g/mol. The van der Waals surface area contributed by atoms with Gasteiger partial charge in [0.05, 0.1) is 6.61 Å². The molecule has 8 nitrogen and oxygen atoms in total. The number of hydrogen-bond donors (Lipinski definition) is 2. The summed E-state index contributed by atoms with van der Waals surface area (Å²) >= 11 is 1.09. The van der Waals surface area contributed by atoms with Gasteiger partial charge in [0.2, 0.25) is 0 Å². The highest BCUT2D eigenvalue weighted by Crippen LogP contribution is 2.18. The quantitative estimate of drug-likeness (QED) is 0.398. The summed E-state index contributed by atoms with van der Waals surface area (Å²) in [5.41, 5.74) is 2.95. The van der Waals surface area contributed by atoms with E-state index in [-0.39, 0.29) is 17.5 Å². The molecule has 0 aliphatic rings. The Bertz CT molecular complexity index is 578. The number of carbonyl (C=O) groups is 1. The van der Waals surface area contributed by atoms with E-state index in [1.54, 1.807) is 6.92 Å². The van der Waals surface area contributed by atoms with Crippen LogP contribution in [0, 0.1) is 0 Å². The predicted molar refractivity (Wildman–Crippen MR) is 70.0 cm³/mol. The Hall–Kier alpha value is -1.61. The van der Waals surface area contributed by atoms with Crippen molar-refractivity contribution in [3.63, 3.8) is 0 Å². The molecule has 19 heavy (non-hydrogen) atoms. The Morgan fingerprint density at radius 1 is 1.58 bits per heavy atom. The van der Waals surface area contributed by atoms with E-state index < -0.39 is 22.6 Å². The number of thioether (sulfide) groups is 1. The maximum absolute atomic E-state index is 11.6. The van der Waals surface area contributed by atoms with Crippen LogP contribution in [0.15, 0.2) is 14.7 Å². The van der Waals surface area contributed by atoms with Crippen molar-refractivity contribution in [3.8, 4) is 0 Å². The lowest BCUT2D eigenvalue weighted by Gasteiger charge is -2.21. The van der Waals surface area contributed by atoms with E-state index in [2.05, 4.69) is 10.1 Å². The van der Waals surface area contributed by atoms with Gasteiger partial charge in [-0.2, -0.15) is 4.98 Å². The largest absolute Gasteiger partial charge is 0.465 e. The van der Waals surface area contributed by atoms with E-state index in [9.17, 15) is 14.4 Å². The van der Waals surface area contributed by atoms with Gasteiger partial charge in [0.15, 0.2) is 5.16 Å². The molecule has 0 fully saturated rings. The van der Waals surface area contributed by atoms with E-state index in [0.29, 0.717) is 0 Å². The van der Waals surface area contributed by atoms with E-state index in [4.69, 9.17) is 10.5 Å². The number of H-pyrrole nitrogens is 1.